The highest BCUT2D eigenvalue weighted by Crippen LogP contribution is 2.20. The van der Waals surface area contributed by atoms with Crippen LogP contribution in [0, 0.1) is 11.6 Å². The molecule has 0 saturated heterocycles. The van der Waals surface area contributed by atoms with E-state index in [-0.39, 0.29) is 6.04 Å². The van der Waals surface area contributed by atoms with Crippen LogP contribution < -0.4 is 5.73 Å². The maximum absolute atomic E-state index is 13.1. The molecular formula is C14H15F2NS. The highest BCUT2D eigenvalue weighted by molar-refractivity contribution is 7.09. The van der Waals surface area contributed by atoms with Gasteiger partial charge in [0.25, 0.3) is 0 Å². The van der Waals surface area contributed by atoms with Crippen LogP contribution in [-0.4, -0.2) is 0 Å². The quantitative estimate of drug-likeness (QED) is 0.869. The van der Waals surface area contributed by atoms with Crippen molar-refractivity contribution in [3.05, 3.63) is 57.8 Å². The fourth-order valence-corrected chi connectivity index (χ4v) is 2.61. The summed E-state index contributed by atoms with van der Waals surface area (Å²) in [7, 11) is 0. The van der Waals surface area contributed by atoms with Gasteiger partial charge in [0.2, 0.25) is 0 Å². The highest BCUT2D eigenvalue weighted by atomic mass is 32.1. The van der Waals surface area contributed by atoms with E-state index in [0.717, 1.165) is 25.3 Å². The van der Waals surface area contributed by atoms with Crippen LogP contribution in [0.4, 0.5) is 8.78 Å². The second-order valence-corrected chi connectivity index (χ2v) is 5.28. The Bertz CT molecular complexity index is 497. The molecule has 0 bridgehead atoms. The van der Waals surface area contributed by atoms with Crippen LogP contribution in [-0.2, 0) is 6.42 Å². The van der Waals surface area contributed by atoms with Crippen LogP contribution in [0.2, 0.25) is 0 Å². The Hall–Kier alpha value is -1.26. The van der Waals surface area contributed by atoms with Crippen LogP contribution in [0.3, 0.4) is 0 Å². The average Bonchev–Trinajstić information content (AvgIpc) is 2.85. The lowest BCUT2D eigenvalue weighted by molar-refractivity contribution is 0.503. The van der Waals surface area contributed by atoms with E-state index >= 15 is 0 Å². The normalized spacial score (nSPS) is 12.6. The van der Waals surface area contributed by atoms with Crippen molar-refractivity contribution in [1.29, 1.82) is 0 Å². The van der Waals surface area contributed by atoms with Crippen LogP contribution in [0.25, 0.3) is 0 Å². The number of nitrogens with two attached hydrogens (primary N) is 1. The first kappa shape index (κ1) is 13.2. The largest absolute Gasteiger partial charge is 0.324 e. The third-order valence-corrected chi connectivity index (χ3v) is 3.83. The molecule has 0 aliphatic heterocycles. The van der Waals surface area contributed by atoms with E-state index < -0.39 is 11.6 Å². The summed E-state index contributed by atoms with van der Waals surface area (Å²) >= 11 is 1.72. The van der Waals surface area contributed by atoms with Crippen molar-refractivity contribution >= 4 is 11.3 Å². The maximum atomic E-state index is 13.1. The molecule has 1 aromatic carbocycles. The average molecular weight is 267 g/mol. The minimum Gasteiger partial charge on any atom is -0.324 e. The summed E-state index contributed by atoms with van der Waals surface area (Å²) in [5, 5.41) is 2.05. The van der Waals surface area contributed by atoms with Crippen molar-refractivity contribution in [3.8, 4) is 0 Å². The second kappa shape index (κ2) is 6.07. The Kier molecular flexibility index (Phi) is 4.44. The minimum atomic E-state index is -0.832. The summed E-state index contributed by atoms with van der Waals surface area (Å²) in [6.45, 7) is 0. The molecule has 0 radical (unpaired) electrons. The molecule has 2 rings (SSSR count). The molecule has 0 spiro atoms. The lowest BCUT2D eigenvalue weighted by atomic mass is 10.0. The second-order valence-electron chi connectivity index (χ2n) is 4.25. The fraction of sp³-hybridized carbons (Fsp3) is 0.286. The summed E-state index contributed by atoms with van der Waals surface area (Å²) < 4.78 is 25.8. The van der Waals surface area contributed by atoms with Gasteiger partial charge in [-0.15, -0.1) is 11.3 Å². The molecule has 18 heavy (non-hydrogen) atoms. The number of benzene rings is 1. The predicted molar refractivity (Wildman–Crippen MR) is 70.5 cm³/mol. The van der Waals surface area contributed by atoms with Gasteiger partial charge in [0.1, 0.15) is 0 Å². The first-order valence-electron chi connectivity index (χ1n) is 5.89. The third-order valence-electron chi connectivity index (χ3n) is 2.89. The molecule has 2 N–H and O–H groups in total. The zero-order chi connectivity index (χ0) is 13.0. The number of rotatable bonds is 5. The number of thiophene rings is 1. The summed E-state index contributed by atoms with van der Waals surface area (Å²) in [6, 6.07) is 7.74. The first-order valence-corrected chi connectivity index (χ1v) is 6.77. The van der Waals surface area contributed by atoms with Crippen molar-refractivity contribution in [2.75, 3.05) is 0 Å². The number of halogens is 2. The Morgan fingerprint density at radius 1 is 1.17 bits per heavy atom. The molecule has 1 unspecified atom stereocenters. The molecule has 0 aliphatic rings. The first-order chi connectivity index (χ1) is 8.66. The molecule has 0 amide bonds. The van der Waals surface area contributed by atoms with Crippen LogP contribution in [0.15, 0.2) is 35.7 Å². The van der Waals surface area contributed by atoms with E-state index in [1.807, 2.05) is 11.4 Å². The van der Waals surface area contributed by atoms with Gasteiger partial charge in [0.05, 0.1) is 0 Å². The monoisotopic (exact) mass is 267 g/mol. The number of hydrogen-bond acceptors (Lipinski definition) is 2. The minimum absolute atomic E-state index is 0.236. The topological polar surface area (TPSA) is 26.0 Å². The standard InChI is InChI=1S/C14H15F2NS/c15-12-7-6-10(9-13(12)16)14(17)5-1-3-11-4-2-8-18-11/h2,4,6-9,14H,1,3,5,17H2. The van der Waals surface area contributed by atoms with Crippen molar-refractivity contribution < 1.29 is 8.78 Å². The Morgan fingerprint density at radius 2 is 2.00 bits per heavy atom. The predicted octanol–water partition coefficient (Wildman–Crippen LogP) is 4.05. The molecule has 1 heterocycles. The van der Waals surface area contributed by atoms with Gasteiger partial charge in [-0.3, -0.25) is 0 Å². The molecule has 0 aliphatic carbocycles. The molecule has 96 valence electrons. The van der Waals surface area contributed by atoms with E-state index in [4.69, 9.17) is 5.73 Å². The summed E-state index contributed by atoms with van der Waals surface area (Å²) in [4.78, 5) is 1.33. The molecule has 0 saturated carbocycles. The van der Waals surface area contributed by atoms with Crippen molar-refractivity contribution in [2.24, 2.45) is 5.73 Å². The van der Waals surface area contributed by atoms with E-state index in [1.165, 1.54) is 10.9 Å². The molecule has 4 heteroatoms. The van der Waals surface area contributed by atoms with Crippen molar-refractivity contribution in [2.45, 2.75) is 25.3 Å². The van der Waals surface area contributed by atoms with Crippen molar-refractivity contribution in [3.63, 3.8) is 0 Å². The van der Waals surface area contributed by atoms with Crippen LogP contribution in [0.5, 0.6) is 0 Å². The number of hydrogen-bond donors (Lipinski definition) is 1. The summed E-state index contributed by atoms with van der Waals surface area (Å²) in [6.07, 6.45) is 2.69. The molecule has 0 fully saturated rings. The van der Waals surface area contributed by atoms with Gasteiger partial charge in [0, 0.05) is 10.9 Å². The lowest BCUT2D eigenvalue weighted by Gasteiger charge is -2.11. The lowest BCUT2D eigenvalue weighted by Crippen LogP contribution is -2.11. The van der Waals surface area contributed by atoms with Crippen LogP contribution in [0.1, 0.15) is 29.3 Å². The van der Waals surface area contributed by atoms with Crippen molar-refractivity contribution in [1.82, 2.24) is 0 Å². The maximum Gasteiger partial charge on any atom is 0.159 e. The number of aryl methyl sites for hydroxylation is 1. The SMILES string of the molecule is NC(CCCc1cccs1)c1ccc(F)c(F)c1. The van der Waals surface area contributed by atoms with Gasteiger partial charge >= 0.3 is 0 Å². The zero-order valence-corrected chi connectivity index (χ0v) is 10.7. The van der Waals surface area contributed by atoms with Gasteiger partial charge in [-0.25, -0.2) is 8.78 Å². The zero-order valence-electron chi connectivity index (χ0n) is 9.90. The van der Waals surface area contributed by atoms with Gasteiger partial charge in [-0.05, 0) is 48.4 Å². The molecular weight excluding hydrogens is 252 g/mol. The molecule has 1 nitrogen and oxygen atoms in total. The fourth-order valence-electron chi connectivity index (χ4n) is 1.86. The van der Waals surface area contributed by atoms with E-state index in [9.17, 15) is 8.78 Å². The smallest absolute Gasteiger partial charge is 0.159 e. The molecule has 1 aromatic heterocycles. The Morgan fingerprint density at radius 3 is 2.67 bits per heavy atom. The third kappa shape index (κ3) is 3.37. The van der Waals surface area contributed by atoms with Gasteiger partial charge in [0.15, 0.2) is 11.6 Å². The highest BCUT2D eigenvalue weighted by Gasteiger charge is 2.09. The molecule has 1 atom stereocenters. The van der Waals surface area contributed by atoms with Crippen LogP contribution >= 0.6 is 11.3 Å². The van der Waals surface area contributed by atoms with E-state index in [0.29, 0.717) is 5.56 Å². The summed E-state index contributed by atoms with van der Waals surface area (Å²) in [5.41, 5.74) is 6.62. The van der Waals surface area contributed by atoms with E-state index in [1.54, 1.807) is 17.4 Å². The summed E-state index contributed by atoms with van der Waals surface area (Å²) in [5.74, 6) is -1.66. The molecule has 2 aromatic rings. The van der Waals surface area contributed by atoms with Gasteiger partial charge < -0.3 is 5.73 Å². The van der Waals surface area contributed by atoms with Gasteiger partial charge in [-0.2, -0.15) is 0 Å². The van der Waals surface area contributed by atoms with E-state index in [2.05, 4.69) is 6.07 Å². The van der Waals surface area contributed by atoms with Gasteiger partial charge in [-0.1, -0.05) is 12.1 Å². The Labute approximate surface area is 109 Å². The Balaban J connectivity index is 1.87.